The molecule has 1 aliphatic heterocycles. The molecular formula is C16H30N2O. The Labute approximate surface area is 117 Å². The molecule has 0 aromatic heterocycles. The third kappa shape index (κ3) is 3.31. The van der Waals surface area contributed by atoms with Crippen LogP contribution in [0.2, 0.25) is 0 Å². The summed E-state index contributed by atoms with van der Waals surface area (Å²) in [5, 5.41) is 0. The monoisotopic (exact) mass is 266 g/mol. The molecule has 1 saturated heterocycles. The third-order valence-electron chi connectivity index (χ3n) is 5.25. The molecule has 3 nitrogen and oxygen atoms in total. The van der Waals surface area contributed by atoms with Gasteiger partial charge in [-0.2, -0.15) is 0 Å². The summed E-state index contributed by atoms with van der Waals surface area (Å²) < 4.78 is 0. The first-order valence-electron chi connectivity index (χ1n) is 7.89. The van der Waals surface area contributed by atoms with Crippen molar-refractivity contribution >= 4 is 5.91 Å². The number of amides is 1. The second-order valence-corrected chi connectivity index (χ2v) is 7.73. The lowest BCUT2D eigenvalue weighted by Crippen LogP contribution is -2.53. The number of likely N-dealkylation sites (tertiary alicyclic amines) is 1. The van der Waals surface area contributed by atoms with Crippen LogP contribution in [0.3, 0.4) is 0 Å². The van der Waals surface area contributed by atoms with Crippen molar-refractivity contribution in [3.05, 3.63) is 0 Å². The number of hydrogen-bond donors (Lipinski definition) is 1. The van der Waals surface area contributed by atoms with Crippen LogP contribution in [-0.4, -0.2) is 29.9 Å². The Kier molecular flexibility index (Phi) is 4.24. The molecule has 2 aliphatic rings. The van der Waals surface area contributed by atoms with Gasteiger partial charge in [0.1, 0.15) is 0 Å². The number of rotatable bonds is 1. The van der Waals surface area contributed by atoms with Crippen LogP contribution in [0.5, 0.6) is 0 Å². The Morgan fingerprint density at radius 1 is 1.05 bits per heavy atom. The first kappa shape index (κ1) is 14.8. The molecule has 1 amide bonds. The molecule has 1 atom stereocenters. The Bertz CT molecular complexity index is 316. The molecule has 0 aromatic carbocycles. The largest absolute Gasteiger partial charge is 0.341 e. The van der Waals surface area contributed by atoms with Crippen LogP contribution >= 0.6 is 0 Å². The molecule has 19 heavy (non-hydrogen) atoms. The van der Waals surface area contributed by atoms with Crippen molar-refractivity contribution in [1.29, 1.82) is 0 Å². The number of carbonyl (C=O) groups is 1. The molecule has 1 heterocycles. The van der Waals surface area contributed by atoms with E-state index in [9.17, 15) is 4.79 Å². The second-order valence-electron chi connectivity index (χ2n) is 7.73. The second kappa shape index (κ2) is 5.43. The van der Waals surface area contributed by atoms with Crippen molar-refractivity contribution in [3.8, 4) is 0 Å². The molecule has 110 valence electrons. The van der Waals surface area contributed by atoms with Gasteiger partial charge in [0.15, 0.2) is 0 Å². The van der Waals surface area contributed by atoms with Crippen LogP contribution in [-0.2, 0) is 4.79 Å². The minimum atomic E-state index is -0.368. The maximum atomic E-state index is 12.4. The van der Waals surface area contributed by atoms with E-state index in [1.54, 1.807) is 0 Å². The molecule has 2 rings (SSSR count). The first-order chi connectivity index (χ1) is 8.84. The first-order valence-corrected chi connectivity index (χ1v) is 7.89. The van der Waals surface area contributed by atoms with Gasteiger partial charge < -0.3 is 10.6 Å². The van der Waals surface area contributed by atoms with Gasteiger partial charge in [-0.05, 0) is 36.5 Å². The van der Waals surface area contributed by atoms with Crippen molar-refractivity contribution in [3.63, 3.8) is 0 Å². The van der Waals surface area contributed by atoms with Crippen LogP contribution in [0.4, 0.5) is 0 Å². The van der Waals surface area contributed by atoms with Gasteiger partial charge in [-0.3, -0.25) is 4.79 Å². The standard InChI is InChI=1S/C16H30N2O/c1-15(2,3)13(17)14(19)18-11-9-16(10-12-18)7-5-4-6-8-16/h13H,4-12,17H2,1-3H3/t13-/m1/s1. The average molecular weight is 266 g/mol. The maximum absolute atomic E-state index is 12.4. The molecule has 0 bridgehead atoms. The number of nitrogens with zero attached hydrogens (tertiary/aromatic N) is 1. The van der Waals surface area contributed by atoms with E-state index < -0.39 is 0 Å². The van der Waals surface area contributed by atoms with Gasteiger partial charge in [0.2, 0.25) is 5.91 Å². The Hall–Kier alpha value is -0.570. The van der Waals surface area contributed by atoms with E-state index in [-0.39, 0.29) is 17.4 Å². The third-order valence-corrected chi connectivity index (χ3v) is 5.25. The molecule has 1 aliphatic carbocycles. The summed E-state index contributed by atoms with van der Waals surface area (Å²) in [6.07, 6.45) is 9.30. The van der Waals surface area contributed by atoms with Gasteiger partial charge in [0.05, 0.1) is 6.04 Å². The summed E-state index contributed by atoms with van der Waals surface area (Å²) >= 11 is 0. The zero-order chi connectivity index (χ0) is 14.1. The summed E-state index contributed by atoms with van der Waals surface area (Å²) in [4.78, 5) is 14.4. The predicted octanol–water partition coefficient (Wildman–Crippen LogP) is 2.93. The van der Waals surface area contributed by atoms with Crippen LogP contribution in [0.25, 0.3) is 0 Å². The minimum absolute atomic E-state index is 0.142. The highest BCUT2D eigenvalue weighted by Crippen LogP contribution is 2.44. The van der Waals surface area contributed by atoms with Gasteiger partial charge in [-0.15, -0.1) is 0 Å². The zero-order valence-electron chi connectivity index (χ0n) is 12.9. The zero-order valence-corrected chi connectivity index (χ0v) is 12.9. The Morgan fingerprint density at radius 3 is 2.05 bits per heavy atom. The number of carbonyl (C=O) groups excluding carboxylic acids is 1. The Balaban J connectivity index is 1.91. The van der Waals surface area contributed by atoms with E-state index in [4.69, 9.17) is 5.73 Å². The van der Waals surface area contributed by atoms with Crippen LogP contribution < -0.4 is 5.73 Å². The lowest BCUT2D eigenvalue weighted by molar-refractivity contribution is -0.137. The van der Waals surface area contributed by atoms with Gasteiger partial charge in [0, 0.05) is 13.1 Å². The van der Waals surface area contributed by atoms with Crippen LogP contribution in [0.1, 0.15) is 65.7 Å². The minimum Gasteiger partial charge on any atom is -0.341 e. The lowest BCUT2D eigenvalue weighted by Gasteiger charge is -2.45. The van der Waals surface area contributed by atoms with Crippen molar-refractivity contribution in [2.75, 3.05) is 13.1 Å². The van der Waals surface area contributed by atoms with E-state index in [1.165, 1.54) is 44.9 Å². The molecule has 1 spiro atoms. The molecule has 2 fully saturated rings. The summed E-state index contributed by atoms with van der Waals surface area (Å²) in [7, 11) is 0. The van der Waals surface area contributed by atoms with E-state index in [0.717, 1.165) is 13.1 Å². The quantitative estimate of drug-likeness (QED) is 0.793. The summed E-state index contributed by atoms with van der Waals surface area (Å²) in [5.41, 5.74) is 6.52. The van der Waals surface area contributed by atoms with Gasteiger partial charge in [-0.25, -0.2) is 0 Å². The highest BCUT2D eigenvalue weighted by atomic mass is 16.2. The van der Waals surface area contributed by atoms with Crippen molar-refractivity contribution in [2.24, 2.45) is 16.6 Å². The Morgan fingerprint density at radius 2 is 1.58 bits per heavy atom. The average Bonchev–Trinajstić information content (AvgIpc) is 2.38. The summed E-state index contributed by atoms with van der Waals surface area (Å²) in [6.45, 7) is 7.97. The molecule has 0 aromatic rings. The molecule has 0 unspecified atom stereocenters. The highest BCUT2D eigenvalue weighted by molar-refractivity contribution is 5.82. The molecule has 0 radical (unpaired) electrons. The number of piperidine rings is 1. The van der Waals surface area contributed by atoms with E-state index in [0.29, 0.717) is 5.41 Å². The fourth-order valence-corrected chi connectivity index (χ4v) is 3.57. The number of nitrogens with two attached hydrogens (primary N) is 1. The maximum Gasteiger partial charge on any atom is 0.240 e. The van der Waals surface area contributed by atoms with E-state index in [2.05, 4.69) is 0 Å². The fraction of sp³-hybridized carbons (Fsp3) is 0.938. The normalized spacial score (nSPS) is 25.4. The summed E-state index contributed by atoms with van der Waals surface area (Å²) in [6, 6.07) is -0.368. The molecule has 2 N–H and O–H groups in total. The molecule has 3 heteroatoms. The summed E-state index contributed by atoms with van der Waals surface area (Å²) in [5.74, 6) is 0.151. The van der Waals surface area contributed by atoms with Crippen molar-refractivity contribution < 1.29 is 4.79 Å². The van der Waals surface area contributed by atoms with Crippen molar-refractivity contribution in [1.82, 2.24) is 4.90 Å². The lowest BCUT2D eigenvalue weighted by atomic mass is 9.68. The van der Waals surface area contributed by atoms with Gasteiger partial charge in [-0.1, -0.05) is 40.0 Å². The molecule has 1 saturated carbocycles. The SMILES string of the molecule is CC(C)(C)[C@H](N)C(=O)N1CCC2(CCCCC2)CC1. The highest BCUT2D eigenvalue weighted by Gasteiger charge is 2.39. The van der Waals surface area contributed by atoms with Gasteiger partial charge in [0.25, 0.3) is 0 Å². The van der Waals surface area contributed by atoms with E-state index >= 15 is 0 Å². The van der Waals surface area contributed by atoms with Crippen molar-refractivity contribution in [2.45, 2.75) is 71.8 Å². The molecular weight excluding hydrogens is 236 g/mol. The van der Waals surface area contributed by atoms with Gasteiger partial charge >= 0.3 is 0 Å². The topological polar surface area (TPSA) is 46.3 Å². The fourth-order valence-electron chi connectivity index (χ4n) is 3.57. The smallest absolute Gasteiger partial charge is 0.240 e. The van der Waals surface area contributed by atoms with E-state index in [1.807, 2.05) is 25.7 Å². The number of hydrogen-bond acceptors (Lipinski definition) is 2. The van der Waals surface area contributed by atoms with Crippen LogP contribution in [0.15, 0.2) is 0 Å². The predicted molar refractivity (Wildman–Crippen MR) is 78.8 cm³/mol. The van der Waals surface area contributed by atoms with Crippen LogP contribution in [0, 0.1) is 10.8 Å².